The zero-order valence-corrected chi connectivity index (χ0v) is 18.1. The minimum Gasteiger partial charge on any atom is -0.497 e. The summed E-state index contributed by atoms with van der Waals surface area (Å²) in [7, 11) is -1.07. The molecule has 0 fully saturated rings. The summed E-state index contributed by atoms with van der Waals surface area (Å²) >= 11 is 0. The average molecular weight is 421 g/mol. The van der Waals surface area contributed by atoms with Gasteiger partial charge in [0.05, 0.1) is 24.8 Å². The summed E-state index contributed by atoms with van der Waals surface area (Å²) in [5.41, 5.74) is 0.247. The molecular weight excluding hydrogens is 392 g/mol. The standard InChI is InChI=1S/C21H28N2O5S/c1-5-14-22(6-2)21(24)16-23(29(25,26)18-10-8-7-9-11-18)19-15-17(27-3)12-13-20(19)28-4/h7-13,15H,5-6,14,16H2,1-4H3. The minimum atomic E-state index is -4.01. The monoisotopic (exact) mass is 420 g/mol. The van der Waals surface area contributed by atoms with Crippen molar-refractivity contribution in [2.45, 2.75) is 25.2 Å². The molecule has 7 nitrogen and oxygen atoms in total. The molecule has 0 saturated carbocycles. The van der Waals surface area contributed by atoms with Crippen molar-refractivity contribution in [3.63, 3.8) is 0 Å². The number of rotatable bonds is 10. The third-order valence-electron chi connectivity index (χ3n) is 4.49. The molecule has 8 heteroatoms. The maximum Gasteiger partial charge on any atom is 0.264 e. The number of anilines is 1. The average Bonchev–Trinajstić information content (AvgIpc) is 2.75. The highest BCUT2D eigenvalue weighted by atomic mass is 32.2. The van der Waals surface area contributed by atoms with Crippen LogP contribution in [0.3, 0.4) is 0 Å². The SMILES string of the molecule is CCCN(CC)C(=O)CN(c1cc(OC)ccc1OC)S(=O)(=O)c1ccccc1. The number of benzene rings is 2. The number of likely N-dealkylation sites (N-methyl/N-ethyl adjacent to an activating group) is 1. The van der Waals surface area contributed by atoms with Crippen molar-refractivity contribution in [2.24, 2.45) is 0 Å². The molecule has 29 heavy (non-hydrogen) atoms. The van der Waals surface area contributed by atoms with Crippen molar-refractivity contribution in [2.75, 3.05) is 38.2 Å². The van der Waals surface area contributed by atoms with E-state index in [1.165, 1.54) is 26.4 Å². The maximum atomic E-state index is 13.5. The molecule has 2 aromatic rings. The highest BCUT2D eigenvalue weighted by Gasteiger charge is 2.31. The summed E-state index contributed by atoms with van der Waals surface area (Å²) in [6.07, 6.45) is 0.785. The molecule has 0 saturated heterocycles. The van der Waals surface area contributed by atoms with Gasteiger partial charge >= 0.3 is 0 Å². The molecule has 0 aliphatic carbocycles. The highest BCUT2D eigenvalue weighted by molar-refractivity contribution is 7.92. The molecule has 2 aromatic carbocycles. The van der Waals surface area contributed by atoms with Crippen molar-refractivity contribution < 1.29 is 22.7 Å². The van der Waals surface area contributed by atoms with Crippen LogP contribution in [0.5, 0.6) is 11.5 Å². The maximum absolute atomic E-state index is 13.5. The van der Waals surface area contributed by atoms with Gasteiger partial charge < -0.3 is 14.4 Å². The van der Waals surface area contributed by atoms with Gasteiger partial charge in [-0.3, -0.25) is 9.10 Å². The third kappa shape index (κ3) is 5.20. The minimum absolute atomic E-state index is 0.0937. The summed E-state index contributed by atoms with van der Waals surface area (Å²) in [6, 6.07) is 12.9. The van der Waals surface area contributed by atoms with Crippen LogP contribution in [-0.4, -0.2) is 53.1 Å². The van der Waals surface area contributed by atoms with E-state index in [4.69, 9.17) is 9.47 Å². The fourth-order valence-electron chi connectivity index (χ4n) is 2.96. The summed E-state index contributed by atoms with van der Waals surface area (Å²) in [6.45, 7) is 4.56. The van der Waals surface area contributed by atoms with E-state index in [1.807, 2.05) is 13.8 Å². The van der Waals surface area contributed by atoms with Gasteiger partial charge in [0.25, 0.3) is 10.0 Å². The second-order valence-corrected chi connectivity index (χ2v) is 8.20. The van der Waals surface area contributed by atoms with E-state index in [-0.39, 0.29) is 23.0 Å². The highest BCUT2D eigenvalue weighted by Crippen LogP contribution is 2.35. The summed E-state index contributed by atoms with van der Waals surface area (Å²) < 4.78 is 38.7. The summed E-state index contributed by atoms with van der Waals surface area (Å²) in [4.78, 5) is 14.7. The van der Waals surface area contributed by atoms with E-state index in [9.17, 15) is 13.2 Å². The lowest BCUT2D eigenvalue weighted by Gasteiger charge is -2.29. The van der Waals surface area contributed by atoms with Gasteiger partial charge in [-0.15, -0.1) is 0 Å². The second-order valence-electron chi connectivity index (χ2n) is 6.34. The molecule has 0 unspecified atom stereocenters. The first-order chi connectivity index (χ1) is 13.9. The molecule has 0 N–H and O–H groups in total. The number of methoxy groups -OCH3 is 2. The summed E-state index contributed by atoms with van der Waals surface area (Å²) in [5, 5.41) is 0. The van der Waals surface area contributed by atoms with Crippen LogP contribution < -0.4 is 13.8 Å². The van der Waals surface area contributed by atoms with E-state index in [1.54, 1.807) is 41.3 Å². The number of ether oxygens (including phenoxy) is 2. The lowest BCUT2D eigenvalue weighted by molar-refractivity contribution is -0.129. The zero-order valence-electron chi connectivity index (χ0n) is 17.3. The predicted octanol–water partition coefficient (Wildman–Crippen LogP) is 3.16. The summed E-state index contributed by atoms with van der Waals surface area (Å²) in [5.74, 6) is 0.512. The van der Waals surface area contributed by atoms with Gasteiger partial charge in [0.1, 0.15) is 18.0 Å². The second kappa shape index (κ2) is 10.2. The van der Waals surface area contributed by atoms with Gasteiger partial charge in [0, 0.05) is 19.2 Å². The molecule has 0 heterocycles. The van der Waals surface area contributed by atoms with E-state index < -0.39 is 10.0 Å². The molecule has 0 aliphatic rings. The first-order valence-electron chi connectivity index (χ1n) is 9.46. The van der Waals surface area contributed by atoms with Crippen molar-refractivity contribution in [3.05, 3.63) is 48.5 Å². The van der Waals surface area contributed by atoms with Crippen molar-refractivity contribution in [1.29, 1.82) is 0 Å². The van der Waals surface area contributed by atoms with E-state index >= 15 is 0 Å². The fraction of sp³-hybridized carbons (Fsp3) is 0.381. The number of carbonyl (C=O) groups excluding carboxylic acids is 1. The molecule has 0 spiro atoms. The molecule has 0 aliphatic heterocycles. The first kappa shape index (κ1) is 22.5. The van der Waals surface area contributed by atoms with Crippen LogP contribution in [0.1, 0.15) is 20.3 Å². The Labute approximate surface area is 172 Å². The molecule has 2 rings (SSSR count). The number of carbonyl (C=O) groups is 1. The number of hydrogen-bond acceptors (Lipinski definition) is 5. The Morgan fingerprint density at radius 3 is 2.24 bits per heavy atom. The Kier molecular flexibility index (Phi) is 7.90. The number of hydrogen-bond donors (Lipinski definition) is 0. The first-order valence-corrected chi connectivity index (χ1v) is 10.9. The lowest BCUT2D eigenvalue weighted by atomic mass is 10.2. The molecule has 0 aromatic heterocycles. The molecule has 0 bridgehead atoms. The van der Waals surface area contributed by atoms with E-state index in [0.717, 1.165) is 10.7 Å². The lowest BCUT2D eigenvalue weighted by Crippen LogP contribution is -2.43. The molecule has 1 amide bonds. The Morgan fingerprint density at radius 2 is 1.69 bits per heavy atom. The van der Waals surface area contributed by atoms with Gasteiger partial charge in [0.15, 0.2) is 0 Å². The van der Waals surface area contributed by atoms with E-state index in [2.05, 4.69) is 0 Å². The van der Waals surface area contributed by atoms with Gasteiger partial charge in [-0.2, -0.15) is 0 Å². The van der Waals surface area contributed by atoms with Crippen molar-refractivity contribution in [3.8, 4) is 11.5 Å². The topological polar surface area (TPSA) is 76.2 Å². The Morgan fingerprint density at radius 1 is 1.00 bits per heavy atom. The van der Waals surface area contributed by atoms with Crippen LogP contribution in [0.25, 0.3) is 0 Å². The zero-order chi connectivity index (χ0) is 21.4. The van der Waals surface area contributed by atoms with Gasteiger partial charge in [-0.25, -0.2) is 8.42 Å². The van der Waals surface area contributed by atoms with Crippen LogP contribution >= 0.6 is 0 Å². The third-order valence-corrected chi connectivity index (χ3v) is 6.27. The van der Waals surface area contributed by atoms with Crippen LogP contribution in [-0.2, 0) is 14.8 Å². The quantitative estimate of drug-likeness (QED) is 0.590. The van der Waals surface area contributed by atoms with Crippen molar-refractivity contribution in [1.82, 2.24) is 4.90 Å². The molecular formula is C21H28N2O5S. The number of nitrogens with zero attached hydrogens (tertiary/aromatic N) is 2. The number of amides is 1. The van der Waals surface area contributed by atoms with Crippen LogP contribution in [0.4, 0.5) is 5.69 Å². The molecule has 158 valence electrons. The molecule has 0 atom stereocenters. The number of sulfonamides is 1. The largest absolute Gasteiger partial charge is 0.497 e. The predicted molar refractivity (Wildman–Crippen MR) is 113 cm³/mol. The van der Waals surface area contributed by atoms with Crippen molar-refractivity contribution >= 4 is 21.6 Å². The van der Waals surface area contributed by atoms with Crippen LogP contribution in [0.15, 0.2) is 53.4 Å². The van der Waals surface area contributed by atoms with Crippen LogP contribution in [0, 0.1) is 0 Å². The molecule has 0 radical (unpaired) electrons. The van der Waals surface area contributed by atoms with Gasteiger partial charge in [-0.05, 0) is 37.6 Å². The Bertz CT molecular complexity index is 916. The van der Waals surface area contributed by atoms with E-state index in [0.29, 0.717) is 24.6 Å². The van der Waals surface area contributed by atoms with Gasteiger partial charge in [0.2, 0.25) is 5.91 Å². The Balaban J connectivity index is 2.59. The normalized spacial score (nSPS) is 11.0. The van der Waals surface area contributed by atoms with Gasteiger partial charge in [-0.1, -0.05) is 25.1 Å². The fourth-order valence-corrected chi connectivity index (χ4v) is 4.40. The Hall–Kier alpha value is -2.74. The van der Waals surface area contributed by atoms with Crippen LogP contribution in [0.2, 0.25) is 0 Å². The smallest absolute Gasteiger partial charge is 0.264 e.